The van der Waals surface area contributed by atoms with Crippen LogP contribution in [0.5, 0.6) is 11.5 Å². The first-order chi connectivity index (χ1) is 12.7. The predicted octanol–water partition coefficient (Wildman–Crippen LogP) is 3.63. The zero-order valence-electron chi connectivity index (χ0n) is 16.3. The number of hydrogen-bond donors (Lipinski definition) is 2. The molecule has 6 nitrogen and oxygen atoms in total. The molecule has 2 rings (SSSR count). The average Bonchev–Trinajstić information content (AvgIpc) is 2.61. The van der Waals surface area contributed by atoms with Gasteiger partial charge in [0, 0.05) is 16.8 Å². The van der Waals surface area contributed by atoms with Gasteiger partial charge in [0.25, 0.3) is 11.8 Å². The van der Waals surface area contributed by atoms with E-state index in [4.69, 9.17) is 9.47 Å². The fourth-order valence-electron chi connectivity index (χ4n) is 2.32. The summed E-state index contributed by atoms with van der Waals surface area (Å²) in [7, 11) is 1.55. The maximum atomic E-state index is 12.4. The third kappa shape index (κ3) is 6.02. The number of carbonyl (C=O) groups is 2. The van der Waals surface area contributed by atoms with Gasteiger partial charge in [-0.1, -0.05) is 12.1 Å². The minimum atomic E-state index is -0.717. The summed E-state index contributed by atoms with van der Waals surface area (Å²) in [5, 5.41) is 5.67. The smallest absolute Gasteiger partial charge is 0.265 e. The van der Waals surface area contributed by atoms with Crippen LogP contribution in [-0.2, 0) is 4.79 Å². The summed E-state index contributed by atoms with van der Waals surface area (Å²) < 4.78 is 10.9. The summed E-state index contributed by atoms with van der Waals surface area (Å²) in [5.41, 5.74) is 0.805. The van der Waals surface area contributed by atoms with Crippen LogP contribution in [0.15, 0.2) is 48.5 Å². The first kappa shape index (κ1) is 20.3. The van der Waals surface area contributed by atoms with E-state index < -0.39 is 6.10 Å². The van der Waals surface area contributed by atoms with E-state index in [2.05, 4.69) is 10.6 Å². The van der Waals surface area contributed by atoms with Crippen LogP contribution in [-0.4, -0.2) is 30.6 Å². The van der Waals surface area contributed by atoms with Gasteiger partial charge in [0.2, 0.25) is 0 Å². The number of rotatable bonds is 6. The van der Waals surface area contributed by atoms with Crippen LogP contribution in [0.3, 0.4) is 0 Å². The number of ether oxygens (including phenoxy) is 2. The number of carbonyl (C=O) groups excluding carboxylic acids is 2. The quantitative estimate of drug-likeness (QED) is 0.814. The lowest BCUT2D eigenvalue weighted by atomic mass is 10.1. The minimum Gasteiger partial charge on any atom is -0.493 e. The number of benzene rings is 2. The van der Waals surface area contributed by atoms with Crippen LogP contribution in [0.4, 0.5) is 5.69 Å². The van der Waals surface area contributed by atoms with Crippen molar-refractivity contribution in [3.63, 3.8) is 0 Å². The second-order valence-corrected chi connectivity index (χ2v) is 7.18. The third-order valence-corrected chi connectivity index (χ3v) is 3.65. The lowest BCUT2D eigenvalue weighted by Gasteiger charge is -2.20. The molecular formula is C21H26N2O4. The molecular weight excluding hydrogens is 344 g/mol. The molecule has 0 fully saturated rings. The summed E-state index contributed by atoms with van der Waals surface area (Å²) in [6.45, 7) is 7.42. The highest BCUT2D eigenvalue weighted by atomic mass is 16.5. The van der Waals surface area contributed by atoms with Crippen molar-refractivity contribution in [2.24, 2.45) is 0 Å². The van der Waals surface area contributed by atoms with Crippen LogP contribution in [0.25, 0.3) is 0 Å². The van der Waals surface area contributed by atoms with Crippen LogP contribution in [0, 0.1) is 0 Å². The van der Waals surface area contributed by atoms with Gasteiger partial charge in [0.1, 0.15) is 0 Å². The number of amides is 2. The Bertz CT molecular complexity index is 795. The van der Waals surface area contributed by atoms with E-state index in [9.17, 15) is 9.59 Å². The Morgan fingerprint density at radius 1 is 0.963 bits per heavy atom. The first-order valence-electron chi connectivity index (χ1n) is 8.73. The SMILES string of the molecule is COc1ccccc1O[C@@H](C)C(=O)Nc1ccc(C(=O)NC(C)(C)C)cc1. The Morgan fingerprint density at radius 3 is 2.11 bits per heavy atom. The van der Waals surface area contributed by atoms with Crippen molar-refractivity contribution in [1.82, 2.24) is 5.32 Å². The van der Waals surface area contributed by atoms with E-state index in [1.165, 1.54) is 0 Å². The van der Waals surface area contributed by atoms with Crippen LogP contribution < -0.4 is 20.1 Å². The van der Waals surface area contributed by atoms with Gasteiger partial charge in [-0.2, -0.15) is 0 Å². The van der Waals surface area contributed by atoms with Gasteiger partial charge in [0.05, 0.1) is 7.11 Å². The molecule has 0 aliphatic rings. The largest absolute Gasteiger partial charge is 0.493 e. The molecule has 0 aliphatic carbocycles. The maximum absolute atomic E-state index is 12.4. The highest BCUT2D eigenvalue weighted by Gasteiger charge is 2.18. The van der Waals surface area contributed by atoms with Gasteiger partial charge in [-0.25, -0.2) is 0 Å². The van der Waals surface area contributed by atoms with Crippen LogP contribution >= 0.6 is 0 Å². The van der Waals surface area contributed by atoms with Gasteiger partial charge >= 0.3 is 0 Å². The molecule has 0 spiro atoms. The van der Waals surface area contributed by atoms with E-state index in [0.29, 0.717) is 22.7 Å². The molecule has 0 aromatic heterocycles. The van der Waals surface area contributed by atoms with Gasteiger partial charge in [0.15, 0.2) is 17.6 Å². The van der Waals surface area contributed by atoms with E-state index >= 15 is 0 Å². The van der Waals surface area contributed by atoms with Crippen molar-refractivity contribution in [2.75, 3.05) is 12.4 Å². The predicted molar refractivity (Wildman–Crippen MR) is 105 cm³/mol. The van der Waals surface area contributed by atoms with Crippen molar-refractivity contribution < 1.29 is 19.1 Å². The number of hydrogen-bond acceptors (Lipinski definition) is 4. The number of nitrogens with one attached hydrogen (secondary N) is 2. The molecule has 0 radical (unpaired) electrons. The zero-order chi connectivity index (χ0) is 20.0. The van der Waals surface area contributed by atoms with Gasteiger partial charge < -0.3 is 20.1 Å². The molecule has 0 saturated carbocycles. The summed E-state index contributed by atoms with van der Waals surface area (Å²) in [6.07, 6.45) is -0.717. The van der Waals surface area contributed by atoms with E-state index in [1.54, 1.807) is 50.4 Å². The Hall–Kier alpha value is -3.02. The molecule has 144 valence electrons. The zero-order valence-corrected chi connectivity index (χ0v) is 16.3. The molecule has 27 heavy (non-hydrogen) atoms. The van der Waals surface area contributed by atoms with E-state index in [1.807, 2.05) is 32.9 Å². The molecule has 0 heterocycles. The normalized spacial score (nSPS) is 12.0. The fraction of sp³-hybridized carbons (Fsp3) is 0.333. The highest BCUT2D eigenvalue weighted by molar-refractivity contribution is 5.97. The fourth-order valence-corrected chi connectivity index (χ4v) is 2.32. The first-order valence-corrected chi connectivity index (χ1v) is 8.73. The Labute approximate surface area is 159 Å². The molecule has 0 unspecified atom stereocenters. The second kappa shape index (κ2) is 8.58. The lowest BCUT2D eigenvalue weighted by molar-refractivity contribution is -0.122. The molecule has 6 heteroatoms. The van der Waals surface area contributed by atoms with Crippen molar-refractivity contribution in [1.29, 1.82) is 0 Å². The van der Waals surface area contributed by atoms with Crippen molar-refractivity contribution in [3.05, 3.63) is 54.1 Å². The average molecular weight is 370 g/mol. The highest BCUT2D eigenvalue weighted by Crippen LogP contribution is 2.27. The van der Waals surface area contributed by atoms with Gasteiger partial charge in [-0.05, 0) is 64.1 Å². The standard InChI is InChI=1S/C21H26N2O4/c1-14(27-18-9-7-6-8-17(18)26-5)19(24)22-16-12-10-15(11-13-16)20(25)23-21(2,3)4/h6-14H,1-5H3,(H,22,24)(H,23,25)/t14-/m0/s1. The van der Waals surface area contributed by atoms with Crippen molar-refractivity contribution >= 4 is 17.5 Å². The molecule has 2 amide bonds. The second-order valence-electron chi connectivity index (χ2n) is 7.18. The summed E-state index contributed by atoms with van der Waals surface area (Å²) in [5.74, 6) is 0.601. The molecule has 0 bridgehead atoms. The molecule has 0 aliphatic heterocycles. The van der Waals surface area contributed by atoms with Crippen molar-refractivity contribution in [3.8, 4) is 11.5 Å². The summed E-state index contributed by atoms with van der Waals surface area (Å²) >= 11 is 0. The minimum absolute atomic E-state index is 0.159. The number of anilines is 1. The summed E-state index contributed by atoms with van der Waals surface area (Å²) in [4.78, 5) is 24.5. The number of para-hydroxylation sites is 2. The molecule has 2 N–H and O–H groups in total. The van der Waals surface area contributed by atoms with E-state index in [0.717, 1.165) is 0 Å². The maximum Gasteiger partial charge on any atom is 0.265 e. The van der Waals surface area contributed by atoms with Crippen LogP contribution in [0.1, 0.15) is 38.1 Å². The van der Waals surface area contributed by atoms with Crippen molar-refractivity contribution in [2.45, 2.75) is 39.3 Å². The molecule has 2 aromatic rings. The molecule has 1 atom stereocenters. The molecule has 0 saturated heterocycles. The number of methoxy groups -OCH3 is 1. The van der Waals surface area contributed by atoms with Crippen LogP contribution in [0.2, 0.25) is 0 Å². The Kier molecular flexibility index (Phi) is 6.45. The Morgan fingerprint density at radius 2 is 1.56 bits per heavy atom. The van der Waals surface area contributed by atoms with Gasteiger partial charge in [-0.3, -0.25) is 9.59 Å². The summed E-state index contributed by atoms with van der Waals surface area (Å²) in [6, 6.07) is 13.9. The monoisotopic (exact) mass is 370 g/mol. The van der Waals surface area contributed by atoms with E-state index in [-0.39, 0.29) is 17.4 Å². The lowest BCUT2D eigenvalue weighted by Crippen LogP contribution is -2.40. The molecule has 2 aromatic carbocycles. The Balaban J connectivity index is 1.98. The third-order valence-electron chi connectivity index (χ3n) is 3.65. The van der Waals surface area contributed by atoms with Gasteiger partial charge in [-0.15, -0.1) is 0 Å². The topological polar surface area (TPSA) is 76.7 Å².